The van der Waals surface area contributed by atoms with Crippen molar-refractivity contribution in [3.63, 3.8) is 0 Å². The maximum Gasteiger partial charge on any atom is 0.0991 e. The molecule has 1 atom stereocenters. The van der Waals surface area contributed by atoms with Gasteiger partial charge in [-0.15, -0.1) is 0 Å². The quantitative estimate of drug-likeness (QED) is 0.741. The van der Waals surface area contributed by atoms with Crippen LogP contribution in [-0.4, -0.2) is 0 Å². The van der Waals surface area contributed by atoms with Gasteiger partial charge in [0.15, 0.2) is 0 Å². The Morgan fingerprint density at radius 2 is 1.70 bits per heavy atom. The molecule has 0 spiro atoms. The molecule has 1 N–H and O–H groups in total. The van der Waals surface area contributed by atoms with E-state index in [-0.39, 0.29) is 6.04 Å². The lowest BCUT2D eigenvalue weighted by Crippen LogP contribution is -2.07. The topological polar surface area (TPSA) is 35.8 Å². The van der Waals surface area contributed by atoms with Crippen LogP contribution in [0.5, 0.6) is 0 Å². The third-order valence-electron chi connectivity index (χ3n) is 2.91. The second-order valence-corrected chi connectivity index (χ2v) is 6.07. The van der Waals surface area contributed by atoms with E-state index in [0.29, 0.717) is 21.3 Å². The summed E-state index contributed by atoms with van der Waals surface area (Å²) in [4.78, 5) is 0. The summed E-state index contributed by atoms with van der Waals surface area (Å²) in [5, 5.41) is 13.2. The molecule has 0 aliphatic rings. The normalized spacial score (nSPS) is 11.8. The fourth-order valence-corrected chi connectivity index (χ4v) is 3.14. The zero-order chi connectivity index (χ0) is 14.7. The van der Waals surface area contributed by atoms with Crippen molar-refractivity contribution in [3.8, 4) is 6.07 Å². The molecule has 2 aromatic rings. The Hall–Kier alpha value is -1.21. The summed E-state index contributed by atoms with van der Waals surface area (Å²) in [6.07, 6.45) is 0. The highest BCUT2D eigenvalue weighted by Crippen LogP contribution is 2.35. The van der Waals surface area contributed by atoms with E-state index in [1.165, 1.54) is 0 Å². The number of hydrogen-bond donors (Lipinski definition) is 1. The number of rotatable bonds is 3. The van der Waals surface area contributed by atoms with Gasteiger partial charge in [-0.1, -0.05) is 51.3 Å². The highest BCUT2D eigenvalue weighted by atomic mass is 79.9. The number of nitriles is 1. The summed E-state index contributed by atoms with van der Waals surface area (Å²) in [5.74, 6) is 0. The molecule has 0 saturated heterocycles. The van der Waals surface area contributed by atoms with Crippen molar-refractivity contribution in [2.45, 2.75) is 13.0 Å². The summed E-state index contributed by atoms with van der Waals surface area (Å²) >= 11 is 15.7. The maximum absolute atomic E-state index is 8.80. The molecule has 0 radical (unpaired) electrons. The molecule has 0 aliphatic carbocycles. The van der Waals surface area contributed by atoms with E-state index in [1.807, 2.05) is 19.1 Å². The lowest BCUT2D eigenvalue weighted by atomic mass is 10.1. The molecular weight excluding hydrogens is 359 g/mol. The van der Waals surface area contributed by atoms with Gasteiger partial charge in [0.1, 0.15) is 0 Å². The van der Waals surface area contributed by atoms with Crippen LogP contribution < -0.4 is 5.32 Å². The van der Waals surface area contributed by atoms with E-state index in [9.17, 15) is 0 Å². The number of nitrogens with one attached hydrogen (secondary N) is 1. The van der Waals surface area contributed by atoms with E-state index in [0.717, 1.165) is 10.0 Å². The average molecular weight is 370 g/mol. The van der Waals surface area contributed by atoms with Gasteiger partial charge < -0.3 is 5.32 Å². The second-order valence-electron chi connectivity index (χ2n) is 4.34. The minimum absolute atomic E-state index is 0.0268. The van der Waals surface area contributed by atoms with Crippen LogP contribution in [0.3, 0.4) is 0 Å². The highest BCUT2D eigenvalue weighted by Gasteiger charge is 2.12. The summed E-state index contributed by atoms with van der Waals surface area (Å²) in [6, 6.07) is 13.1. The summed E-state index contributed by atoms with van der Waals surface area (Å²) in [5.41, 5.74) is 2.40. The molecular formula is C15H11BrCl2N2. The van der Waals surface area contributed by atoms with Gasteiger partial charge in [-0.3, -0.25) is 0 Å². The Bertz CT molecular complexity index is 640. The van der Waals surface area contributed by atoms with Gasteiger partial charge >= 0.3 is 0 Å². The van der Waals surface area contributed by atoms with E-state index in [2.05, 4.69) is 27.3 Å². The third kappa shape index (κ3) is 3.46. The molecule has 0 fully saturated rings. The van der Waals surface area contributed by atoms with E-state index in [4.69, 9.17) is 28.5 Å². The predicted molar refractivity (Wildman–Crippen MR) is 87.4 cm³/mol. The Morgan fingerprint density at radius 1 is 1.15 bits per heavy atom. The van der Waals surface area contributed by atoms with E-state index >= 15 is 0 Å². The van der Waals surface area contributed by atoms with Crippen LogP contribution in [0.1, 0.15) is 24.1 Å². The number of halogens is 3. The summed E-state index contributed by atoms with van der Waals surface area (Å²) in [6.45, 7) is 2.01. The largest absolute Gasteiger partial charge is 0.376 e. The molecule has 2 rings (SSSR count). The Morgan fingerprint density at radius 3 is 2.20 bits per heavy atom. The molecule has 5 heteroatoms. The van der Waals surface area contributed by atoms with Crippen molar-refractivity contribution < 1.29 is 0 Å². The van der Waals surface area contributed by atoms with Gasteiger partial charge in [-0.2, -0.15) is 5.26 Å². The summed E-state index contributed by atoms with van der Waals surface area (Å²) in [7, 11) is 0. The first kappa shape index (κ1) is 15.2. The second kappa shape index (κ2) is 6.49. The fraction of sp³-hybridized carbons (Fsp3) is 0.133. The Balaban J connectivity index is 2.23. The van der Waals surface area contributed by atoms with Crippen molar-refractivity contribution in [2.24, 2.45) is 0 Å². The van der Waals surface area contributed by atoms with Crippen LogP contribution in [0.2, 0.25) is 10.0 Å². The summed E-state index contributed by atoms with van der Waals surface area (Å²) < 4.78 is 0.837. The highest BCUT2D eigenvalue weighted by molar-refractivity contribution is 9.10. The fourth-order valence-electron chi connectivity index (χ4n) is 1.83. The van der Waals surface area contributed by atoms with Gasteiger partial charge in [0.05, 0.1) is 27.4 Å². The van der Waals surface area contributed by atoms with E-state index < -0.39 is 0 Å². The minimum atomic E-state index is 0.0268. The molecule has 1 unspecified atom stereocenters. The molecule has 0 aliphatic heterocycles. The first-order valence-corrected chi connectivity index (χ1v) is 7.47. The SMILES string of the molecule is CC(Nc1c(Cl)cc(Br)cc1Cl)c1ccc(C#N)cc1. The zero-order valence-corrected chi connectivity index (χ0v) is 13.7. The van der Waals surface area contributed by atoms with Crippen LogP contribution in [0.25, 0.3) is 0 Å². The lowest BCUT2D eigenvalue weighted by Gasteiger charge is -2.18. The predicted octanol–water partition coefficient (Wildman–Crippen LogP) is 5.80. The van der Waals surface area contributed by atoms with Gasteiger partial charge in [-0.25, -0.2) is 0 Å². The molecule has 102 valence electrons. The van der Waals surface area contributed by atoms with Crippen LogP contribution >= 0.6 is 39.1 Å². The minimum Gasteiger partial charge on any atom is -0.376 e. The van der Waals surface area contributed by atoms with Crippen molar-refractivity contribution >= 4 is 44.8 Å². The molecule has 0 heterocycles. The molecule has 0 saturated carbocycles. The Kier molecular flexibility index (Phi) is 4.93. The molecule has 0 aromatic heterocycles. The Labute approximate surface area is 136 Å². The van der Waals surface area contributed by atoms with Crippen molar-refractivity contribution in [1.29, 1.82) is 5.26 Å². The van der Waals surface area contributed by atoms with Crippen LogP contribution in [0, 0.1) is 11.3 Å². The first-order chi connectivity index (χ1) is 9.51. The molecule has 2 aromatic carbocycles. The smallest absolute Gasteiger partial charge is 0.0991 e. The maximum atomic E-state index is 8.80. The van der Waals surface area contributed by atoms with Gasteiger partial charge in [-0.05, 0) is 36.8 Å². The number of hydrogen-bond acceptors (Lipinski definition) is 2. The van der Waals surface area contributed by atoms with Crippen molar-refractivity contribution in [2.75, 3.05) is 5.32 Å². The molecule has 0 bridgehead atoms. The molecule has 0 amide bonds. The average Bonchev–Trinajstić information content (AvgIpc) is 2.42. The lowest BCUT2D eigenvalue weighted by molar-refractivity contribution is 0.884. The molecule has 2 nitrogen and oxygen atoms in total. The first-order valence-electron chi connectivity index (χ1n) is 5.92. The number of anilines is 1. The zero-order valence-electron chi connectivity index (χ0n) is 10.6. The number of nitrogens with zero attached hydrogens (tertiary/aromatic N) is 1. The van der Waals surface area contributed by atoms with Gasteiger partial charge in [0, 0.05) is 10.5 Å². The van der Waals surface area contributed by atoms with Crippen LogP contribution in [0.4, 0.5) is 5.69 Å². The third-order valence-corrected chi connectivity index (χ3v) is 3.96. The van der Waals surface area contributed by atoms with Crippen molar-refractivity contribution in [3.05, 3.63) is 62.0 Å². The number of benzene rings is 2. The van der Waals surface area contributed by atoms with Crippen LogP contribution in [-0.2, 0) is 0 Å². The standard InChI is InChI=1S/C15H11BrCl2N2/c1-9(11-4-2-10(8-19)3-5-11)20-15-13(17)6-12(16)7-14(15)18/h2-7,9,20H,1H3. The van der Waals surface area contributed by atoms with Gasteiger partial charge in [0.2, 0.25) is 0 Å². The van der Waals surface area contributed by atoms with Gasteiger partial charge in [0.25, 0.3) is 0 Å². The van der Waals surface area contributed by atoms with Crippen molar-refractivity contribution in [1.82, 2.24) is 0 Å². The van der Waals surface area contributed by atoms with E-state index in [1.54, 1.807) is 24.3 Å². The molecule has 20 heavy (non-hydrogen) atoms. The van der Waals surface area contributed by atoms with Crippen LogP contribution in [0.15, 0.2) is 40.9 Å². The monoisotopic (exact) mass is 368 g/mol.